The number of carbonyl (C=O) groups is 1. The van der Waals surface area contributed by atoms with Crippen LogP contribution in [0.4, 0.5) is 5.82 Å². The Balaban J connectivity index is 1.16. The number of hydrogen-bond donors (Lipinski definition) is 3. The molecule has 0 bridgehead atoms. The second kappa shape index (κ2) is 11.8. The fourth-order valence-electron chi connectivity index (χ4n) is 13.2. The number of fused-ring (bicyclic) bond motifs is 7. The Morgan fingerprint density at radius 1 is 0.917 bits per heavy atom. The van der Waals surface area contributed by atoms with Crippen molar-refractivity contribution in [3.8, 4) is 0 Å². The van der Waals surface area contributed by atoms with Gasteiger partial charge in [-0.25, -0.2) is 4.79 Å². The van der Waals surface area contributed by atoms with Crippen molar-refractivity contribution in [3.05, 3.63) is 72.0 Å². The summed E-state index contributed by atoms with van der Waals surface area (Å²) >= 11 is 0. The Morgan fingerprint density at radius 2 is 1.69 bits per heavy atom. The molecule has 0 radical (unpaired) electrons. The van der Waals surface area contributed by atoms with Crippen LogP contribution in [0.3, 0.4) is 0 Å². The molecule has 3 N–H and O–H groups in total. The zero-order valence-electron chi connectivity index (χ0n) is 30.2. The molecule has 2 aromatic rings. The topological polar surface area (TPSA) is 87.1 Å². The average Bonchev–Trinajstić information content (AvgIpc) is 3.44. The van der Waals surface area contributed by atoms with Gasteiger partial charge in [-0.15, -0.1) is 5.10 Å². The van der Waals surface area contributed by atoms with Crippen molar-refractivity contribution in [2.24, 2.45) is 51.2 Å². The summed E-state index contributed by atoms with van der Waals surface area (Å²) in [6, 6.07) is 11.5. The van der Waals surface area contributed by atoms with Gasteiger partial charge in [-0.05, 0) is 151 Å². The molecule has 1 aromatic carbocycles. The normalized spacial score (nSPS) is 39.6. The van der Waals surface area contributed by atoms with Crippen LogP contribution in [-0.4, -0.2) is 39.9 Å². The molecule has 6 nitrogen and oxygen atoms in total. The summed E-state index contributed by atoms with van der Waals surface area (Å²) in [4.78, 5) is 11.5. The number of rotatable bonds is 8. The van der Waals surface area contributed by atoms with Gasteiger partial charge in [-0.1, -0.05) is 65.0 Å². The molecule has 0 saturated heterocycles. The maximum Gasteiger partial charge on any atom is 0.335 e. The molecule has 5 aliphatic rings. The summed E-state index contributed by atoms with van der Waals surface area (Å²) in [6.07, 6.45) is 15.6. The molecule has 4 fully saturated rings. The van der Waals surface area contributed by atoms with E-state index in [0.717, 1.165) is 25.3 Å². The van der Waals surface area contributed by atoms with E-state index in [2.05, 4.69) is 75.0 Å². The molecular weight excluding hydrogens is 592 g/mol. The smallest absolute Gasteiger partial charge is 0.335 e. The van der Waals surface area contributed by atoms with Gasteiger partial charge in [0, 0.05) is 24.8 Å². The highest BCUT2D eigenvalue weighted by Crippen LogP contribution is 2.76. The van der Waals surface area contributed by atoms with E-state index in [9.17, 15) is 9.90 Å². The summed E-state index contributed by atoms with van der Waals surface area (Å²) in [5, 5.41) is 25.4. The van der Waals surface area contributed by atoms with Gasteiger partial charge < -0.3 is 15.7 Å². The molecule has 48 heavy (non-hydrogen) atoms. The van der Waals surface area contributed by atoms with Crippen molar-refractivity contribution in [1.82, 2.24) is 15.5 Å². The number of allylic oxidation sites excluding steroid dienone is 3. The van der Waals surface area contributed by atoms with E-state index in [1.54, 1.807) is 18.3 Å². The SMILES string of the molecule is C=C(C)C1CCC2(NCCNc3cccnn3)CCC3(C)C(CCC4C5(C)CC=C(c6ccc(C(=O)O)cc6)C(C)(C)C5CCC43C)C12. The second-order valence-corrected chi connectivity index (χ2v) is 17.7. The quantitative estimate of drug-likeness (QED) is 0.195. The molecule has 4 saturated carbocycles. The van der Waals surface area contributed by atoms with E-state index in [1.165, 1.54) is 68.1 Å². The lowest BCUT2D eigenvalue weighted by Gasteiger charge is -2.72. The monoisotopic (exact) mass is 650 g/mol. The molecule has 5 aliphatic carbocycles. The van der Waals surface area contributed by atoms with Crippen molar-refractivity contribution in [2.75, 3.05) is 18.4 Å². The fraction of sp³-hybridized carbons (Fsp3) is 0.643. The van der Waals surface area contributed by atoms with Crippen LogP contribution in [0.2, 0.25) is 0 Å². The number of carboxylic acids is 1. The van der Waals surface area contributed by atoms with Crippen molar-refractivity contribution < 1.29 is 9.90 Å². The Hall–Kier alpha value is -2.99. The van der Waals surface area contributed by atoms with E-state index >= 15 is 0 Å². The molecule has 0 spiro atoms. The number of anilines is 1. The molecule has 7 rings (SSSR count). The molecule has 9 unspecified atom stereocenters. The lowest BCUT2D eigenvalue weighted by atomic mass is 9.33. The zero-order chi connectivity index (χ0) is 34.1. The standard InChI is InChI=1S/C42H58N4O2/c1-27(2)30-16-21-42(44-26-25-43-35-9-8-24-45-46-35)23-22-40(6)32(36(30)42)14-15-34-39(5)19-17-31(28-10-12-29(13-11-28)37(47)48)38(3,4)33(39)18-20-41(34,40)7/h8-13,17,24,30,32-34,36,44H,1,14-16,18-23,25-26H2,2-7H3,(H,43,46)(H,47,48). The van der Waals surface area contributed by atoms with Gasteiger partial charge in [0.25, 0.3) is 0 Å². The molecular formula is C42H58N4O2. The second-order valence-electron chi connectivity index (χ2n) is 17.7. The highest BCUT2D eigenvalue weighted by Gasteiger charge is 2.70. The number of aromatic carboxylic acids is 1. The third kappa shape index (κ3) is 4.94. The molecule has 9 atom stereocenters. The summed E-state index contributed by atoms with van der Waals surface area (Å²) in [5.41, 5.74) is 5.39. The van der Waals surface area contributed by atoms with Gasteiger partial charge in [0.15, 0.2) is 0 Å². The van der Waals surface area contributed by atoms with Crippen molar-refractivity contribution >= 4 is 17.4 Å². The van der Waals surface area contributed by atoms with Crippen LogP contribution in [0.25, 0.3) is 5.57 Å². The van der Waals surface area contributed by atoms with Crippen LogP contribution < -0.4 is 10.6 Å². The largest absolute Gasteiger partial charge is 0.478 e. The minimum absolute atomic E-state index is 0.0261. The van der Waals surface area contributed by atoms with E-state index in [0.29, 0.717) is 46.0 Å². The van der Waals surface area contributed by atoms with E-state index in [1.807, 2.05) is 24.3 Å². The van der Waals surface area contributed by atoms with Crippen LogP contribution in [-0.2, 0) is 0 Å². The highest BCUT2D eigenvalue weighted by molar-refractivity contribution is 5.88. The predicted octanol–water partition coefficient (Wildman–Crippen LogP) is 9.28. The Kier molecular flexibility index (Phi) is 8.25. The van der Waals surface area contributed by atoms with Gasteiger partial charge in [0.1, 0.15) is 5.82 Å². The first kappa shape index (κ1) is 33.5. The lowest BCUT2D eigenvalue weighted by Crippen LogP contribution is -2.68. The average molecular weight is 651 g/mol. The van der Waals surface area contributed by atoms with E-state index < -0.39 is 5.97 Å². The minimum atomic E-state index is -0.861. The molecule has 1 aromatic heterocycles. The molecule has 0 aliphatic heterocycles. The number of nitrogens with one attached hydrogen (secondary N) is 2. The predicted molar refractivity (Wildman–Crippen MR) is 195 cm³/mol. The summed E-state index contributed by atoms with van der Waals surface area (Å²) in [5.74, 6) is 3.20. The van der Waals surface area contributed by atoms with E-state index in [4.69, 9.17) is 0 Å². The van der Waals surface area contributed by atoms with Crippen molar-refractivity contribution in [2.45, 2.75) is 105 Å². The van der Waals surface area contributed by atoms with Crippen molar-refractivity contribution in [1.29, 1.82) is 0 Å². The highest BCUT2D eigenvalue weighted by atomic mass is 16.4. The first-order valence-corrected chi connectivity index (χ1v) is 18.7. The lowest BCUT2D eigenvalue weighted by molar-refractivity contribution is -0.219. The number of nitrogens with zero attached hydrogens (tertiary/aromatic N) is 2. The maximum absolute atomic E-state index is 11.5. The molecule has 6 heteroatoms. The fourth-order valence-corrected chi connectivity index (χ4v) is 13.2. The van der Waals surface area contributed by atoms with Crippen LogP contribution in [0.1, 0.15) is 115 Å². The number of aromatic nitrogens is 2. The Morgan fingerprint density at radius 3 is 2.38 bits per heavy atom. The number of hydrogen-bond acceptors (Lipinski definition) is 5. The van der Waals surface area contributed by atoms with Gasteiger partial charge in [0.2, 0.25) is 0 Å². The molecule has 0 amide bonds. The number of benzene rings is 1. The Bertz CT molecular complexity index is 1580. The Labute approximate surface area is 288 Å². The summed E-state index contributed by atoms with van der Waals surface area (Å²) < 4.78 is 0. The van der Waals surface area contributed by atoms with Crippen LogP contribution >= 0.6 is 0 Å². The van der Waals surface area contributed by atoms with Gasteiger partial charge in [-0.3, -0.25) is 0 Å². The first-order valence-electron chi connectivity index (χ1n) is 18.7. The van der Waals surface area contributed by atoms with Crippen LogP contribution in [0.5, 0.6) is 0 Å². The van der Waals surface area contributed by atoms with Gasteiger partial charge >= 0.3 is 5.97 Å². The van der Waals surface area contributed by atoms with E-state index in [-0.39, 0.29) is 16.4 Å². The first-order chi connectivity index (χ1) is 22.8. The minimum Gasteiger partial charge on any atom is -0.478 e. The summed E-state index contributed by atoms with van der Waals surface area (Å²) in [7, 11) is 0. The summed E-state index contributed by atoms with van der Waals surface area (Å²) in [6.45, 7) is 21.7. The van der Waals surface area contributed by atoms with Crippen LogP contribution in [0, 0.1) is 51.2 Å². The molecule has 258 valence electrons. The third-order valence-electron chi connectivity index (χ3n) is 15.6. The third-order valence-corrected chi connectivity index (χ3v) is 15.6. The maximum atomic E-state index is 11.5. The van der Waals surface area contributed by atoms with Crippen molar-refractivity contribution in [3.63, 3.8) is 0 Å². The van der Waals surface area contributed by atoms with Gasteiger partial charge in [-0.2, -0.15) is 5.10 Å². The number of carboxylic acid groups (broad SMARTS) is 1. The van der Waals surface area contributed by atoms with Crippen LogP contribution in [0.15, 0.2) is 60.8 Å². The molecule has 1 heterocycles. The zero-order valence-corrected chi connectivity index (χ0v) is 30.2. The van der Waals surface area contributed by atoms with Gasteiger partial charge in [0.05, 0.1) is 5.56 Å².